The molecule has 32 heavy (non-hydrogen) atoms. The number of nitrogens with two attached hydrogens (primary N) is 1. The van der Waals surface area contributed by atoms with Crippen LogP contribution in [0.15, 0.2) is 41.3 Å². The summed E-state index contributed by atoms with van der Waals surface area (Å²) >= 11 is 1.91. The molecule has 4 aromatic rings. The van der Waals surface area contributed by atoms with Crippen molar-refractivity contribution in [3.63, 3.8) is 0 Å². The van der Waals surface area contributed by atoms with Crippen LogP contribution in [-0.2, 0) is 13.1 Å². The van der Waals surface area contributed by atoms with Crippen LogP contribution in [0.25, 0.3) is 16.7 Å². The molecule has 10 nitrogen and oxygen atoms in total. The summed E-state index contributed by atoms with van der Waals surface area (Å²) in [7, 11) is 0. The lowest BCUT2D eigenvalue weighted by atomic mass is 10.2. The van der Waals surface area contributed by atoms with E-state index >= 15 is 0 Å². The van der Waals surface area contributed by atoms with Gasteiger partial charge in [0.15, 0.2) is 11.3 Å². The molecule has 0 atom stereocenters. The van der Waals surface area contributed by atoms with E-state index in [1.165, 1.54) is 9.08 Å². The van der Waals surface area contributed by atoms with E-state index in [4.69, 9.17) is 5.73 Å². The van der Waals surface area contributed by atoms with E-state index in [0.29, 0.717) is 24.4 Å². The van der Waals surface area contributed by atoms with Crippen LogP contribution in [0.4, 0.5) is 5.95 Å². The molecule has 1 aliphatic heterocycles. The number of hydrogen-bond donors (Lipinski definition) is 1. The van der Waals surface area contributed by atoms with E-state index in [2.05, 4.69) is 31.3 Å². The Morgan fingerprint density at radius 1 is 1.03 bits per heavy atom. The molecule has 168 valence electrons. The number of aromatic nitrogens is 6. The molecule has 1 aromatic carbocycles. The van der Waals surface area contributed by atoms with Crippen molar-refractivity contribution in [3.05, 3.63) is 52.6 Å². The molecule has 0 unspecified atom stereocenters. The lowest BCUT2D eigenvalue weighted by Crippen LogP contribution is -2.44. The molecule has 4 heterocycles. The number of benzene rings is 1. The van der Waals surface area contributed by atoms with E-state index in [9.17, 15) is 4.79 Å². The maximum atomic E-state index is 12.9. The van der Waals surface area contributed by atoms with Gasteiger partial charge < -0.3 is 5.73 Å². The van der Waals surface area contributed by atoms with Gasteiger partial charge in [0.2, 0.25) is 5.95 Å². The van der Waals surface area contributed by atoms with Gasteiger partial charge in [-0.25, -0.2) is 22.9 Å². The minimum Gasteiger partial charge on any atom is -0.369 e. The van der Waals surface area contributed by atoms with Crippen LogP contribution in [-0.4, -0.2) is 76.6 Å². The smallest absolute Gasteiger partial charge is 0.353 e. The second-order valence-corrected chi connectivity index (χ2v) is 9.20. The molecular weight excluding hydrogens is 426 g/mol. The highest BCUT2D eigenvalue weighted by molar-refractivity contribution is 7.96. The predicted molar refractivity (Wildman–Crippen MR) is 127 cm³/mol. The number of rotatable bonds is 7. The maximum Gasteiger partial charge on any atom is 0.353 e. The van der Waals surface area contributed by atoms with Crippen LogP contribution >= 0.6 is 11.9 Å². The molecule has 0 amide bonds. The van der Waals surface area contributed by atoms with E-state index < -0.39 is 0 Å². The molecule has 1 fully saturated rings. The fraction of sp³-hybridized carbons (Fsp3) is 0.429. The van der Waals surface area contributed by atoms with E-state index in [-0.39, 0.29) is 11.6 Å². The third kappa shape index (κ3) is 3.98. The summed E-state index contributed by atoms with van der Waals surface area (Å²) in [5, 5.41) is 9.82. The number of piperazine rings is 1. The third-order valence-corrected chi connectivity index (χ3v) is 6.78. The fourth-order valence-electron chi connectivity index (χ4n) is 4.13. The predicted octanol–water partition coefficient (Wildman–Crippen LogP) is 1.16. The highest BCUT2D eigenvalue weighted by atomic mass is 32.2. The molecule has 0 saturated carbocycles. The SMILES string of the molecule is CCSN1CCN(CCn2ncc3c2nc(N)n2c(=O)n(Cc4ccccc4)nc32)CC1. The van der Waals surface area contributed by atoms with Gasteiger partial charge in [-0.05, 0) is 5.56 Å². The van der Waals surface area contributed by atoms with Crippen molar-refractivity contribution < 1.29 is 0 Å². The molecule has 3 aromatic heterocycles. The Morgan fingerprint density at radius 3 is 2.56 bits per heavy atom. The van der Waals surface area contributed by atoms with Crippen molar-refractivity contribution in [1.29, 1.82) is 0 Å². The third-order valence-electron chi connectivity index (χ3n) is 5.79. The van der Waals surface area contributed by atoms with E-state index in [1.807, 2.05) is 47.0 Å². The molecular formula is C21H27N9OS. The summed E-state index contributed by atoms with van der Waals surface area (Å²) in [5.74, 6) is 1.24. The summed E-state index contributed by atoms with van der Waals surface area (Å²) in [6.45, 7) is 8.41. The molecule has 0 spiro atoms. The summed E-state index contributed by atoms with van der Waals surface area (Å²) in [5.41, 5.74) is 8.02. The molecule has 11 heteroatoms. The van der Waals surface area contributed by atoms with Gasteiger partial charge in [0, 0.05) is 38.5 Å². The van der Waals surface area contributed by atoms with Crippen LogP contribution in [0.5, 0.6) is 0 Å². The first-order valence-corrected chi connectivity index (χ1v) is 11.8. The quantitative estimate of drug-likeness (QED) is 0.416. The molecule has 2 N–H and O–H groups in total. The van der Waals surface area contributed by atoms with Crippen molar-refractivity contribution >= 4 is 34.6 Å². The highest BCUT2D eigenvalue weighted by Crippen LogP contribution is 2.19. The summed E-state index contributed by atoms with van der Waals surface area (Å²) < 4.78 is 7.08. The Hall–Kier alpha value is -2.89. The van der Waals surface area contributed by atoms with Gasteiger partial charge in [-0.3, -0.25) is 4.90 Å². The first kappa shape index (κ1) is 21.0. The first-order valence-electron chi connectivity index (χ1n) is 10.9. The molecule has 0 radical (unpaired) electrons. The van der Waals surface area contributed by atoms with Gasteiger partial charge in [-0.2, -0.15) is 10.1 Å². The van der Waals surface area contributed by atoms with Gasteiger partial charge in [-0.1, -0.05) is 49.2 Å². The second kappa shape index (κ2) is 8.93. The van der Waals surface area contributed by atoms with Crippen LogP contribution in [0.2, 0.25) is 0 Å². The average Bonchev–Trinajstić information content (AvgIpc) is 3.35. The standard InChI is InChI=1S/C21H27N9OS/c1-2-32-27-11-8-26(9-12-27)10-13-28-18-17(14-23-28)19-25-29(15-16-6-4-3-5-7-16)21(31)30(19)20(22)24-18/h3-7,14H,2,8-13,15H2,1H3,(H2,22,24). The zero-order chi connectivity index (χ0) is 22.1. The zero-order valence-electron chi connectivity index (χ0n) is 18.1. The maximum absolute atomic E-state index is 12.9. The molecule has 0 bridgehead atoms. The molecule has 5 rings (SSSR count). The largest absolute Gasteiger partial charge is 0.369 e. The van der Waals surface area contributed by atoms with Crippen LogP contribution < -0.4 is 11.4 Å². The number of fused-ring (bicyclic) bond motifs is 3. The Balaban J connectivity index is 1.38. The molecule has 1 saturated heterocycles. The van der Waals surface area contributed by atoms with Gasteiger partial charge in [0.1, 0.15) is 0 Å². The van der Waals surface area contributed by atoms with Crippen molar-refractivity contribution in [2.24, 2.45) is 0 Å². The topological polar surface area (TPSA) is 103 Å². The van der Waals surface area contributed by atoms with Crippen LogP contribution in [0, 0.1) is 0 Å². The number of anilines is 1. The van der Waals surface area contributed by atoms with Crippen LogP contribution in [0.3, 0.4) is 0 Å². The van der Waals surface area contributed by atoms with Crippen molar-refractivity contribution in [3.8, 4) is 0 Å². The Bertz CT molecular complexity index is 1270. The Kier molecular flexibility index (Phi) is 5.85. The zero-order valence-corrected chi connectivity index (χ0v) is 18.9. The van der Waals surface area contributed by atoms with Crippen molar-refractivity contribution in [1.82, 2.24) is 38.2 Å². The Labute approximate surface area is 189 Å². The fourth-order valence-corrected chi connectivity index (χ4v) is 4.91. The second-order valence-electron chi connectivity index (χ2n) is 7.85. The molecule has 1 aliphatic rings. The lowest BCUT2D eigenvalue weighted by molar-refractivity contribution is 0.189. The summed E-state index contributed by atoms with van der Waals surface area (Å²) in [6.07, 6.45) is 1.73. The normalized spacial score (nSPS) is 15.8. The minimum atomic E-state index is -0.300. The average molecular weight is 454 g/mol. The van der Waals surface area contributed by atoms with Gasteiger partial charge >= 0.3 is 5.69 Å². The van der Waals surface area contributed by atoms with Gasteiger partial charge in [0.05, 0.1) is 24.7 Å². The van der Waals surface area contributed by atoms with Crippen LogP contribution in [0.1, 0.15) is 12.5 Å². The summed E-state index contributed by atoms with van der Waals surface area (Å²) in [4.78, 5) is 19.9. The van der Waals surface area contributed by atoms with Crippen molar-refractivity contribution in [2.45, 2.75) is 20.0 Å². The van der Waals surface area contributed by atoms with E-state index in [0.717, 1.165) is 49.4 Å². The minimum absolute atomic E-state index is 0.128. The number of hydrogen-bond acceptors (Lipinski definition) is 8. The number of nitrogens with zero attached hydrogens (tertiary/aromatic N) is 8. The Morgan fingerprint density at radius 2 is 1.81 bits per heavy atom. The number of nitrogen functional groups attached to an aromatic ring is 1. The summed E-state index contributed by atoms with van der Waals surface area (Å²) in [6, 6.07) is 9.76. The molecule has 0 aliphatic carbocycles. The monoisotopic (exact) mass is 453 g/mol. The van der Waals surface area contributed by atoms with Gasteiger partial charge in [0.25, 0.3) is 0 Å². The van der Waals surface area contributed by atoms with Gasteiger partial charge in [-0.15, -0.1) is 5.10 Å². The lowest BCUT2D eigenvalue weighted by Gasteiger charge is -2.33. The van der Waals surface area contributed by atoms with E-state index in [1.54, 1.807) is 6.20 Å². The first-order chi connectivity index (χ1) is 15.6. The highest BCUT2D eigenvalue weighted by Gasteiger charge is 2.20. The van der Waals surface area contributed by atoms with Crippen molar-refractivity contribution in [2.75, 3.05) is 44.2 Å².